The van der Waals surface area contributed by atoms with Crippen LogP contribution in [0.4, 0.5) is 0 Å². The molecule has 7 rings (SSSR count). The Morgan fingerprint density at radius 3 is 1.80 bits per heavy atom. The zero-order valence-corrected chi connectivity index (χ0v) is 30.8. The number of unbranched alkanes of at least 4 members (excludes halogenated alkanes) is 10. The van der Waals surface area contributed by atoms with E-state index in [-0.39, 0.29) is 5.41 Å². The molecule has 0 saturated carbocycles. The third-order valence-electron chi connectivity index (χ3n) is 10.8. The molecule has 0 saturated heterocycles. The summed E-state index contributed by atoms with van der Waals surface area (Å²) in [7, 11) is 0. The number of aromatic nitrogens is 3. The lowest BCUT2D eigenvalue weighted by Gasteiger charge is -2.33. The number of thiazole rings is 1. The molecule has 3 aromatic heterocycles. The molecule has 0 aliphatic heterocycles. The van der Waals surface area contributed by atoms with Crippen molar-refractivity contribution >= 4 is 21.6 Å². The molecule has 6 aromatic rings. The smallest absolute Gasteiger partial charge is 0.124 e. The Bertz CT molecular complexity index is 1960. The summed E-state index contributed by atoms with van der Waals surface area (Å²) in [6.07, 6.45) is 19.9. The van der Waals surface area contributed by atoms with Crippen molar-refractivity contribution in [1.82, 2.24) is 15.0 Å². The van der Waals surface area contributed by atoms with Gasteiger partial charge < -0.3 is 0 Å². The Morgan fingerprint density at radius 1 is 0.520 bits per heavy atom. The van der Waals surface area contributed by atoms with Crippen molar-refractivity contribution in [1.29, 1.82) is 0 Å². The number of pyridine rings is 2. The number of hydrogen-bond donors (Lipinski definition) is 0. The quantitative estimate of drug-likeness (QED) is 0.0902. The summed E-state index contributed by atoms with van der Waals surface area (Å²) in [5.41, 5.74) is 12.2. The maximum Gasteiger partial charge on any atom is 0.124 e. The topological polar surface area (TPSA) is 38.7 Å². The van der Waals surface area contributed by atoms with Crippen LogP contribution in [-0.2, 0) is 5.41 Å². The summed E-state index contributed by atoms with van der Waals surface area (Å²) in [5, 5.41) is 1.12. The minimum Gasteiger partial charge on any atom is -0.255 e. The minimum atomic E-state index is -0.0263. The highest BCUT2D eigenvalue weighted by molar-refractivity contribution is 7.21. The molecule has 50 heavy (non-hydrogen) atoms. The average Bonchev–Trinajstić information content (AvgIpc) is 3.72. The van der Waals surface area contributed by atoms with Crippen LogP contribution in [0, 0.1) is 0 Å². The molecule has 0 unspecified atom stereocenters. The predicted molar refractivity (Wildman–Crippen MR) is 214 cm³/mol. The number of nitrogens with zero attached hydrogens (tertiary/aromatic N) is 3. The minimum absolute atomic E-state index is 0.0263. The van der Waals surface area contributed by atoms with E-state index in [9.17, 15) is 0 Å². The highest BCUT2D eigenvalue weighted by atomic mass is 32.1. The lowest BCUT2D eigenvalue weighted by molar-refractivity contribution is 0.398. The number of para-hydroxylation sites is 1. The molecule has 0 spiro atoms. The van der Waals surface area contributed by atoms with Gasteiger partial charge >= 0.3 is 0 Å². The van der Waals surface area contributed by atoms with Crippen molar-refractivity contribution in [3.05, 3.63) is 114 Å². The fourth-order valence-corrected chi connectivity index (χ4v) is 9.08. The molecule has 3 heterocycles. The van der Waals surface area contributed by atoms with E-state index in [1.165, 1.54) is 128 Å². The van der Waals surface area contributed by atoms with Crippen molar-refractivity contribution in [3.8, 4) is 44.3 Å². The predicted octanol–water partition coefficient (Wildman–Crippen LogP) is 13.9. The second kappa shape index (κ2) is 16.2. The van der Waals surface area contributed by atoms with Gasteiger partial charge in [-0.25, -0.2) is 9.97 Å². The van der Waals surface area contributed by atoms with E-state index in [1.807, 2.05) is 35.7 Å². The monoisotopic (exact) mass is 677 g/mol. The molecule has 0 fully saturated rings. The van der Waals surface area contributed by atoms with Gasteiger partial charge in [0, 0.05) is 22.7 Å². The van der Waals surface area contributed by atoms with Crippen LogP contribution in [0.5, 0.6) is 0 Å². The summed E-state index contributed by atoms with van der Waals surface area (Å²) in [5.74, 6) is 0. The molecule has 0 amide bonds. The molecule has 0 radical (unpaired) electrons. The van der Waals surface area contributed by atoms with Gasteiger partial charge in [0.15, 0.2) is 0 Å². The molecule has 0 N–H and O–H groups in total. The zero-order valence-electron chi connectivity index (χ0n) is 30.0. The Morgan fingerprint density at radius 2 is 1.12 bits per heavy atom. The Labute approximate surface area is 303 Å². The maximum atomic E-state index is 5.15. The Kier molecular flexibility index (Phi) is 11.1. The first-order valence-electron chi connectivity index (χ1n) is 19.2. The number of fused-ring (bicyclic) bond motifs is 4. The van der Waals surface area contributed by atoms with Gasteiger partial charge in [0.05, 0.1) is 27.3 Å². The fraction of sp³-hybridized carbons (Fsp3) is 0.370. The molecule has 3 nitrogen and oxygen atoms in total. The molecular weight excluding hydrogens is 627 g/mol. The fourth-order valence-electron chi connectivity index (χ4n) is 8.11. The average molecular weight is 678 g/mol. The van der Waals surface area contributed by atoms with Gasteiger partial charge in [-0.15, -0.1) is 11.3 Å². The highest BCUT2D eigenvalue weighted by Gasteiger charge is 2.42. The van der Waals surface area contributed by atoms with Crippen LogP contribution < -0.4 is 0 Å². The van der Waals surface area contributed by atoms with Crippen molar-refractivity contribution in [3.63, 3.8) is 0 Å². The second-order valence-corrected chi connectivity index (χ2v) is 15.3. The van der Waals surface area contributed by atoms with E-state index in [1.54, 1.807) is 0 Å². The number of benzene rings is 3. The van der Waals surface area contributed by atoms with Crippen LogP contribution in [0.2, 0.25) is 0 Å². The SMILES string of the molecule is CCCCCCCCC1(CCCCCCCC)c2cc(-c3cccc(-c4ccccn4)n3)ccc2-c2ccc(-c3nc4ccccc4s3)cc21. The summed E-state index contributed by atoms with van der Waals surface area (Å²) in [6.45, 7) is 4.62. The van der Waals surface area contributed by atoms with E-state index < -0.39 is 0 Å². The third kappa shape index (κ3) is 7.32. The van der Waals surface area contributed by atoms with Crippen molar-refractivity contribution in [2.75, 3.05) is 0 Å². The van der Waals surface area contributed by atoms with Gasteiger partial charge in [0.1, 0.15) is 5.01 Å². The normalized spacial score (nSPS) is 13.1. The Balaban J connectivity index is 1.31. The zero-order chi connectivity index (χ0) is 34.2. The van der Waals surface area contributed by atoms with Crippen LogP contribution in [0.25, 0.3) is 54.6 Å². The van der Waals surface area contributed by atoms with Gasteiger partial charge in [0.25, 0.3) is 0 Å². The molecule has 0 bridgehead atoms. The van der Waals surface area contributed by atoms with Gasteiger partial charge in [-0.05, 0) is 83.6 Å². The molecular formula is C46H51N3S. The molecule has 3 aromatic carbocycles. The number of rotatable bonds is 17. The second-order valence-electron chi connectivity index (χ2n) is 14.2. The van der Waals surface area contributed by atoms with Crippen LogP contribution in [-0.4, -0.2) is 15.0 Å². The number of hydrogen-bond acceptors (Lipinski definition) is 4. The summed E-state index contributed by atoms with van der Waals surface area (Å²) >= 11 is 1.81. The van der Waals surface area contributed by atoms with E-state index in [2.05, 4.69) is 97.7 Å². The maximum absolute atomic E-state index is 5.15. The molecule has 1 aliphatic carbocycles. The highest BCUT2D eigenvalue weighted by Crippen LogP contribution is 2.56. The van der Waals surface area contributed by atoms with E-state index >= 15 is 0 Å². The first kappa shape index (κ1) is 34.3. The van der Waals surface area contributed by atoms with Gasteiger partial charge in [-0.2, -0.15) is 0 Å². The largest absolute Gasteiger partial charge is 0.255 e. The molecule has 0 atom stereocenters. The standard InChI is InChI=1S/C46H51N3S/c1-3-5-7-9-11-16-29-46(30-17-12-10-8-6-4-2)38-32-34(40-22-19-23-42(48-40)41-20-15-18-31-47-41)25-27-36(38)37-28-26-35(33-39(37)46)45-49-43-21-13-14-24-44(43)50-45/h13-15,18-28,31-33H,3-12,16-17,29-30H2,1-2H3. The summed E-state index contributed by atoms with van der Waals surface area (Å²) in [6, 6.07) is 35.4. The lowest BCUT2D eigenvalue weighted by Crippen LogP contribution is -2.25. The van der Waals surface area contributed by atoms with Gasteiger partial charge in [-0.3, -0.25) is 4.98 Å². The molecule has 1 aliphatic rings. The van der Waals surface area contributed by atoms with Crippen molar-refractivity contribution < 1.29 is 0 Å². The van der Waals surface area contributed by atoms with E-state index in [4.69, 9.17) is 9.97 Å². The van der Waals surface area contributed by atoms with Crippen molar-refractivity contribution in [2.24, 2.45) is 0 Å². The lowest BCUT2D eigenvalue weighted by atomic mass is 9.70. The van der Waals surface area contributed by atoms with E-state index in [0.29, 0.717) is 0 Å². The van der Waals surface area contributed by atoms with Gasteiger partial charge in [-0.1, -0.05) is 139 Å². The first-order chi connectivity index (χ1) is 24.7. The Hall–Kier alpha value is -4.15. The van der Waals surface area contributed by atoms with E-state index in [0.717, 1.165) is 27.6 Å². The summed E-state index contributed by atoms with van der Waals surface area (Å²) < 4.78 is 1.25. The van der Waals surface area contributed by atoms with Crippen LogP contribution >= 0.6 is 11.3 Å². The van der Waals surface area contributed by atoms with Gasteiger partial charge in [0.2, 0.25) is 0 Å². The van der Waals surface area contributed by atoms with Crippen molar-refractivity contribution in [2.45, 2.75) is 109 Å². The molecule has 4 heteroatoms. The third-order valence-corrected chi connectivity index (χ3v) is 11.9. The first-order valence-corrected chi connectivity index (χ1v) is 20.1. The van der Waals surface area contributed by atoms with Crippen LogP contribution in [0.3, 0.4) is 0 Å². The summed E-state index contributed by atoms with van der Waals surface area (Å²) in [4.78, 5) is 14.8. The van der Waals surface area contributed by atoms with Crippen LogP contribution in [0.15, 0.2) is 103 Å². The molecule has 256 valence electrons. The van der Waals surface area contributed by atoms with Crippen LogP contribution in [0.1, 0.15) is 115 Å².